The van der Waals surface area contributed by atoms with Crippen molar-refractivity contribution in [1.29, 1.82) is 0 Å². The lowest BCUT2D eigenvalue weighted by Crippen LogP contribution is -2.53. The van der Waals surface area contributed by atoms with Gasteiger partial charge in [0.05, 0.1) is 5.69 Å². The van der Waals surface area contributed by atoms with Crippen LogP contribution in [0.4, 0.5) is 10.6 Å². The Bertz CT molecular complexity index is 723. The molecule has 26 heavy (non-hydrogen) atoms. The number of nitrogens with zero attached hydrogens (tertiary/aromatic N) is 4. The van der Waals surface area contributed by atoms with Crippen LogP contribution in [0.1, 0.15) is 25.7 Å². The van der Waals surface area contributed by atoms with E-state index in [1.165, 1.54) is 12.8 Å². The maximum atomic E-state index is 11.9. The van der Waals surface area contributed by atoms with E-state index in [9.17, 15) is 4.79 Å². The Morgan fingerprint density at radius 1 is 1.08 bits per heavy atom. The summed E-state index contributed by atoms with van der Waals surface area (Å²) in [5.74, 6) is 1.35. The molecule has 7 nitrogen and oxygen atoms in total. The van der Waals surface area contributed by atoms with Crippen molar-refractivity contribution in [2.45, 2.75) is 31.7 Å². The molecule has 0 atom stereocenters. The lowest BCUT2D eigenvalue weighted by atomic mass is 10.0. The van der Waals surface area contributed by atoms with Crippen molar-refractivity contribution in [3.8, 4) is 11.3 Å². The summed E-state index contributed by atoms with van der Waals surface area (Å²) < 4.78 is 0. The summed E-state index contributed by atoms with van der Waals surface area (Å²) >= 11 is 0. The number of anilines is 1. The molecule has 0 unspecified atom stereocenters. The summed E-state index contributed by atoms with van der Waals surface area (Å²) in [6.07, 6.45) is 8.17. The highest BCUT2D eigenvalue weighted by Gasteiger charge is 2.28. The highest BCUT2D eigenvalue weighted by atomic mass is 16.2. The fourth-order valence-electron chi connectivity index (χ4n) is 3.60. The van der Waals surface area contributed by atoms with Gasteiger partial charge in [0.2, 0.25) is 0 Å². The van der Waals surface area contributed by atoms with Crippen LogP contribution in [0.5, 0.6) is 0 Å². The van der Waals surface area contributed by atoms with Gasteiger partial charge in [0, 0.05) is 49.6 Å². The Labute approximate surface area is 153 Å². The minimum atomic E-state index is -0.0307. The molecule has 1 aliphatic carbocycles. The fraction of sp³-hybridized carbons (Fsp3) is 0.474. The summed E-state index contributed by atoms with van der Waals surface area (Å²) in [6.45, 7) is 2.50. The molecule has 4 rings (SSSR count). The number of urea groups is 1. The van der Waals surface area contributed by atoms with E-state index in [-0.39, 0.29) is 6.03 Å². The molecule has 0 bridgehead atoms. The normalized spacial score (nSPS) is 17.8. The highest BCUT2D eigenvalue weighted by Crippen LogP contribution is 2.23. The van der Waals surface area contributed by atoms with Crippen molar-refractivity contribution < 1.29 is 4.79 Å². The Morgan fingerprint density at radius 2 is 1.85 bits per heavy atom. The first-order valence-electron chi connectivity index (χ1n) is 9.31. The third-order valence-corrected chi connectivity index (χ3v) is 5.15. The van der Waals surface area contributed by atoms with E-state index in [2.05, 4.69) is 30.7 Å². The lowest BCUT2D eigenvalue weighted by Gasteiger charge is -2.40. The van der Waals surface area contributed by atoms with Gasteiger partial charge in [-0.15, -0.1) is 10.2 Å². The second-order valence-electron chi connectivity index (χ2n) is 7.12. The Balaban J connectivity index is 1.21. The van der Waals surface area contributed by atoms with E-state index in [0.717, 1.165) is 43.0 Å². The second kappa shape index (κ2) is 7.68. The Hall–Kier alpha value is -2.70. The largest absolute Gasteiger partial charge is 0.354 e. The number of pyridine rings is 1. The van der Waals surface area contributed by atoms with Crippen LogP contribution in [0, 0.1) is 5.92 Å². The Kier molecular flexibility index (Phi) is 4.95. The van der Waals surface area contributed by atoms with E-state index in [0.29, 0.717) is 18.5 Å². The molecule has 2 fully saturated rings. The molecule has 136 valence electrons. The number of amides is 2. The first-order valence-corrected chi connectivity index (χ1v) is 9.31. The molecular formula is C19H24N6O. The van der Waals surface area contributed by atoms with Gasteiger partial charge in [-0.1, -0.05) is 12.8 Å². The van der Waals surface area contributed by atoms with Gasteiger partial charge in [-0.05, 0) is 37.1 Å². The van der Waals surface area contributed by atoms with Crippen molar-refractivity contribution >= 4 is 11.8 Å². The number of carbonyl (C=O) groups is 1. The van der Waals surface area contributed by atoms with Crippen LogP contribution in [0.3, 0.4) is 0 Å². The van der Waals surface area contributed by atoms with Crippen LogP contribution in [0.25, 0.3) is 11.3 Å². The number of carbonyl (C=O) groups excluding carboxylic acids is 1. The zero-order valence-electron chi connectivity index (χ0n) is 14.8. The maximum Gasteiger partial charge on any atom is 0.315 e. The predicted molar refractivity (Wildman–Crippen MR) is 99.8 cm³/mol. The summed E-state index contributed by atoms with van der Waals surface area (Å²) in [7, 11) is 0. The maximum absolute atomic E-state index is 11.9. The van der Waals surface area contributed by atoms with Crippen LogP contribution in [-0.2, 0) is 0 Å². The van der Waals surface area contributed by atoms with E-state index in [1.807, 2.05) is 24.3 Å². The van der Waals surface area contributed by atoms with E-state index in [4.69, 9.17) is 0 Å². The minimum absolute atomic E-state index is 0.0307. The molecule has 1 saturated heterocycles. The number of hydrogen-bond acceptors (Lipinski definition) is 5. The third-order valence-electron chi connectivity index (χ3n) is 5.15. The molecule has 1 aliphatic heterocycles. The molecule has 0 aromatic carbocycles. The molecule has 2 aliphatic rings. The average Bonchev–Trinajstić information content (AvgIpc) is 3.14. The lowest BCUT2D eigenvalue weighted by molar-refractivity contribution is 0.233. The third kappa shape index (κ3) is 3.92. The SMILES string of the molecule is O=C(NCC1CN(c2ccc(-c3ccncc3)nn2)C1)NC1CCCC1. The van der Waals surface area contributed by atoms with Crippen molar-refractivity contribution in [2.75, 3.05) is 24.5 Å². The molecular weight excluding hydrogens is 328 g/mol. The highest BCUT2D eigenvalue weighted by molar-refractivity contribution is 5.74. The molecule has 7 heteroatoms. The number of aromatic nitrogens is 3. The number of nitrogens with one attached hydrogen (secondary N) is 2. The molecule has 3 heterocycles. The first-order chi connectivity index (χ1) is 12.8. The van der Waals surface area contributed by atoms with Crippen molar-refractivity contribution in [2.24, 2.45) is 5.92 Å². The minimum Gasteiger partial charge on any atom is -0.354 e. The van der Waals surface area contributed by atoms with Crippen LogP contribution in [0.2, 0.25) is 0 Å². The van der Waals surface area contributed by atoms with Crippen molar-refractivity contribution in [3.63, 3.8) is 0 Å². The van der Waals surface area contributed by atoms with E-state index in [1.54, 1.807) is 12.4 Å². The molecule has 0 radical (unpaired) electrons. The molecule has 2 aromatic heterocycles. The topological polar surface area (TPSA) is 83.0 Å². The van der Waals surface area contributed by atoms with Crippen LogP contribution in [0.15, 0.2) is 36.7 Å². The van der Waals surface area contributed by atoms with Gasteiger partial charge in [-0.2, -0.15) is 0 Å². The average molecular weight is 352 g/mol. The molecule has 2 N–H and O–H groups in total. The van der Waals surface area contributed by atoms with Gasteiger partial charge in [0.25, 0.3) is 0 Å². The summed E-state index contributed by atoms with van der Waals surface area (Å²) in [5.41, 5.74) is 1.86. The van der Waals surface area contributed by atoms with Crippen LogP contribution < -0.4 is 15.5 Å². The van der Waals surface area contributed by atoms with Gasteiger partial charge in [0.15, 0.2) is 5.82 Å². The smallest absolute Gasteiger partial charge is 0.315 e. The number of hydrogen-bond donors (Lipinski definition) is 2. The predicted octanol–water partition coefficient (Wildman–Crippen LogP) is 2.22. The summed E-state index contributed by atoms with van der Waals surface area (Å²) in [6, 6.07) is 8.16. The molecule has 2 amide bonds. The van der Waals surface area contributed by atoms with E-state index >= 15 is 0 Å². The van der Waals surface area contributed by atoms with Crippen molar-refractivity contribution in [3.05, 3.63) is 36.7 Å². The molecule has 0 spiro atoms. The van der Waals surface area contributed by atoms with Crippen molar-refractivity contribution in [1.82, 2.24) is 25.8 Å². The van der Waals surface area contributed by atoms with E-state index < -0.39 is 0 Å². The summed E-state index contributed by atoms with van der Waals surface area (Å²) in [5, 5.41) is 14.7. The van der Waals surface area contributed by atoms with Gasteiger partial charge in [-0.25, -0.2) is 4.79 Å². The standard InChI is InChI=1S/C19H24N6O/c26-19(22-16-3-1-2-4-16)21-11-14-12-25(13-14)18-6-5-17(23-24-18)15-7-9-20-10-8-15/h5-10,14,16H,1-4,11-13H2,(H2,21,22,26). The Morgan fingerprint density at radius 3 is 2.54 bits per heavy atom. The van der Waals surface area contributed by atoms with Crippen LogP contribution >= 0.6 is 0 Å². The summed E-state index contributed by atoms with van der Waals surface area (Å²) in [4.78, 5) is 18.1. The zero-order valence-corrected chi connectivity index (χ0v) is 14.8. The molecule has 1 saturated carbocycles. The van der Waals surface area contributed by atoms with Gasteiger partial charge < -0.3 is 15.5 Å². The quantitative estimate of drug-likeness (QED) is 0.862. The number of rotatable bonds is 5. The second-order valence-corrected chi connectivity index (χ2v) is 7.12. The zero-order chi connectivity index (χ0) is 17.8. The van der Waals surface area contributed by atoms with Gasteiger partial charge in [0.1, 0.15) is 0 Å². The first kappa shape index (κ1) is 16.8. The van der Waals surface area contributed by atoms with Gasteiger partial charge in [-0.3, -0.25) is 4.98 Å². The monoisotopic (exact) mass is 352 g/mol. The molecule has 2 aromatic rings. The fourth-order valence-corrected chi connectivity index (χ4v) is 3.60. The van der Waals surface area contributed by atoms with Gasteiger partial charge >= 0.3 is 6.03 Å². The van der Waals surface area contributed by atoms with Crippen LogP contribution in [-0.4, -0.2) is 46.9 Å².